The van der Waals surface area contributed by atoms with Crippen LogP contribution >= 0.6 is 0 Å². The Labute approximate surface area is 161 Å². The number of benzene rings is 2. The van der Waals surface area contributed by atoms with Gasteiger partial charge in [-0.2, -0.15) is 5.10 Å². The summed E-state index contributed by atoms with van der Waals surface area (Å²) in [6, 6.07) is 11.6. The summed E-state index contributed by atoms with van der Waals surface area (Å²) in [5.74, 6) is 2.11. The van der Waals surface area contributed by atoms with Gasteiger partial charge in [0.15, 0.2) is 11.5 Å². The van der Waals surface area contributed by atoms with Crippen molar-refractivity contribution in [3.8, 4) is 28.5 Å². The molecule has 1 aromatic heterocycles. The molecule has 0 unspecified atom stereocenters. The first kappa shape index (κ1) is 16.7. The Hall–Kier alpha value is -3.48. The van der Waals surface area contributed by atoms with Crippen LogP contribution in [0.1, 0.15) is 27.2 Å². The molecule has 0 saturated heterocycles. The number of methoxy groups -OCH3 is 1. The molecule has 28 heavy (non-hydrogen) atoms. The Kier molecular flexibility index (Phi) is 3.93. The topological polar surface area (TPSA) is 85.5 Å². The van der Waals surface area contributed by atoms with Gasteiger partial charge in [0.1, 0.15) is 11.4 Å². The zero-order valence-electron chi connectivity index (χ0n) is 15.4. The van der Waals surface area contributed by atoms with Crippen LogP contribution in [0.5, 0.6) is 17.2 Å². The third kappa shape index (κ3) is 2.76. The standard InChI is InChI=1S/C21H19N3O4/c1-26-14-4-6-15-13(9-14)3-5-16-19(15)23-24-20(16)21(25)22-10-12-2-7-17-18(8-12)28-11-27-17/h2,4,6-9H,3,5,10-11H2,1H3,(H,22,25)(H,23,24). The lowest BCUT2D eigenvalue weighted by atomic mass is 9.89. The molecule has 2 aromatic carbocycles. The third-order valence-corrected chi connectivity index (χ3v) is 5.20. The van der Waals surface area contributed by atoms with Crippen molar-refractivity contribution in [1.82, 2.24) is 15.5 Å². The molecule has 2 aliphatic rings. The minimum Gasteiger partial charge on any atom is -0.497 e. The molecule has 0 fully saturated rings. The van der Waals surface area contributed by atoms with E-state index in [1.165, 1.54) is 5.56 Å². The van der Waals surface area contributed by atoms with E-state index in [-0.39, 0.29) is 12.7 Å². The summed E-state index contributed by atoms with van der Waals surface area (Å²) >= 11 is 0. The Balaban J connectivity index is 1.35. The van der Waals surface area contributed by atoms with Gasteiger partial charge in [0.05, 0.1) is 12.8 Å². The zero-order valence-corrected chi connectivity index (χ0v) is 15.4. The number of nitrogens with zero attached hydrogens (tertiary/aromatic N) is 1. The minimum atomic E-state index is -0.164. The Morgan fingerprint density at radius 2 is 2.07 bits per heavy atom. The molecule has 7 heteroatoms. The number of carbonyl (C=O) groups is 1. The van der Waals surface area contributed by atoms with Crippen molar-refractivity contribution in [2.75, 3.05) is 13.9 Å². The second-order valence-corrected chi connectivity index (χ2v) is 6.82. The maximum absolute atomic E-state index is 12.7. The lowest BCUT2D eigenvalue weighted by Gasteiger charge is -2.17. The van der Waals surface area contributed by atoms with Gasteiger partial charge in [-0.25, -0.2) is 0 Å². The number of H-pyrrole nitrogens is 1. The number of amides is 1. The summed E-state index contributed by atoms with van der Waals surface area (Å²) in [5, 5.41) is 10.3. The fourth-order valence-electron chi connectivity index (χ4n) is 3.74. The van der Waals surface area contributed by atoms with Gasteiger partial charge in [-0.15, -0.1) is 0 Å². The smallest absolute Gasteiger partial charge is 0.269 e. The third-order valence-electron chi connectivity index (χ3n) is 5.20. The van der Waals surface area contributed by atoms with Gasteiger partial charge in [-0.3, -0.25) is 9.89 Å². The Morgan fingerprint density at radius 1 is 1.18 bits per heavy atom. The van der Waals surface area contributed by atoms with Crippen LogP contribution in [-0.2, 0) is 19.4 Å². The van der Waals surface area contributed by atoms with Crippen LogP contribution in [0.4, 0.5) is 0 Å². The van der Waals surface area contributed by atoms with Gasteiger partial charge in [-0.1, -0.05) is 6.07 Å². The number of carbonyl (C=O) groups excluding carboxylic acids is 1. The summed E-state index contributed by atoms with van der Waals surface area (Å²) in [4.78, 5) is 12.7. The summed E-state index contributed by atoms with van der Waals surface area (Å²) < 4.78 is 16.0. The van der Waals surface area contributed by atoms with Gasteiger partial charge < -0.3 is 19.5 Å². The molecule has 0 bridgehead atoms. The maximum Gasteiger partial charge on any atom is 0.269 e. The van der Waals surface area contributed by atoms with E-state index < -0.39 is 0 Å². The molecule has 1 amide bonds. The normalized spacial score (nSPS) is 13.6. The molecule has 0 radical (unpaired) electrons. The van der Waals surface area contributed by atoms with E-state index in [9.17, 15) is 4.79 Å². The summed E-state index contributed by atoms with van der Waals surface area (Å²) in [6.45, 7) is 0.635. The van der Waals surface area contributed by atoms with Crippen molar-refractivity contribution < 1.29 is 19.0 Å². The van der Waals surface area contributed by atoms with E-state index in [1.807, 2.05) is 36.4 Å². The molecule has 3 aromatic rings. The summed E-state index contributed by atoms with van der Waals surface area (Å²) in [5.41, 5.74) is 5.51. The summed E-state index contributed by atoms with van der Waals surface area (Å²) in [7, 11) is 1.66. The van der Waals surface area contributed by atoms with Gasteiger partial charge in [0.2, 0.25) is 6.79 Å². The van der Waals surface area contributed by atoms with Crippen LogP contribution in [-0.4, -0.2) is 30.0 Å². The second-order valence-electron chi connectivity index (χ2n) is 6.82. The van der Waals surface area contributed by atoms with Gasteiger partial charge >= 0.3 is 0 Å². The first-order valence-corrected chi connectivity index (χ1v) is 9.14. The molecule has 0 spiro atoms. The van der Waals surface area contributed by atoms with Gasteiger partial charge in [-0.05, 0) is 54.3 Å². The first-order valence-electron chi connectivity index (χ1n) is 9.14. The summed E-state index contributed by atoms with van der Waals surface area (Å²) in [6.07, 6.45) is 1.61. The Bertz CT molecular complexity index is 1070. The number of rotatable bonds is 4. The highest BCUT2D eigenvalue weighted by atomic mass is 16.7. The van der Waals surface area contributed by atoms with Crippen molar-refractivity contribution in [3.05, 3.63) is 58.8 Å². The minimum absolute atomic E-state index is 0.164. The van der Waals surface area contributed by atoms with E-state index in [4.69, 9.17) is 14.2 Å². The van der Waals surface area contributed by atoms with Crippen LogP contribution in [0.15, 0.2) is 36.4 Å². The van der Waals surface area contributed by atoms with Crippen LogP contribution in [0.25, 0.3) is 11.3 Å². The molecule has 142 valence electrons. The number of aryl methyl sites for hydroxylation is 1. The predicted molar refractivity (Wildman–Crippen MR) is 102 cm³/mol. The fraction of sp³-hybridized carbons (Fsp3) is 0.238. The van der Waals surface area contributed by atoms with Crippen molar-refractivity contribution in [2.24, 2.45) is 0 Å². The van der Waals surface area contributed by atoms with Crippen molar-refractivity contribution in [1.29, 1.82) is 0 Å². The number of hydrogen-bond donors (Lipinski definition) is 2. The molecule has 1 aliphatic heterocycles. The van der Waals surface area contributed by atoms with Crippen LogP contribution < -0.4 is 19.5 Å². The molecular weight excluding hydrogens is 358 g/mol. The van der Waals surface area contributed by atoms with Crippen molar-refractivity contribution in [3.63, 3.8) is 0 Å². The highest BCUT2D eigenvalue weighted by Crippen LogP contribution is 2.35. The highest BCUT2D eigenvalue weighted by Gasteiger charge is 2.25. The molecule has 5 rings (SSSR count). The molecule has 0 saturated carbocycles. The molecule has 2 N–H and O–H groups in total. The number of nitrogens with one attached hydrogen (secondary N) is 2. The van der Waals surface area contributed by atoms with Gasteiger partial charge in [0.25, 0.3) is 5.91 Å². The maximum atomic E-state index is 12.7. The molecule has 2 heterocycles. The average Bonchev–Trinajstić information content (AvgIpc) is 3.37. The predicted octanol–water partition coefficient (Wildman–Crippen LogP) is 2.84. The lowest BCUT2D eigenvalue weighted by Crippen LogP contribution is -2.24. The van der Waals surface area contributed by atoms with E-state index >= 15 is 0 Å². The van der Waals surface area contributed by atoms with Crippen LogP contribution in [0, 0.1) is 0 Å². The molecule has 7 nitrogen and oxygen atoms in total. The number of aromatic nitrogens is 2. The van der Waals surface area contributed by atoms with Crippen molar-refractivity contribution >= 4 is 5.91 Å². The number of fused-ring (bicyclic) bond motifs is 4. The highest BCUT2D eigenvalue weighted by molar-refractivity contribution is 5.96. The van der Waals surface area contributed by atoms with Gasteiger partial charge in [0, 0.05) is 17.7 Å². The van der Waals surface area contributed by atoms with E-state index in [2.05, 4.69) is 15.5 Å². The lowest BCUT2D eigenvalue weighted by molar-refractivity contribution is 0.0945. The number of aromatic amines is 1. The molecular formula is C21H19N3O4. The van der Waals surface area contributed by atoms with Crippen molar-refractivity contribution in [2.45, 2.75) is 19.4 Å². The van der Waals surface area contributed by atoms with Crippen LogP contribution in [0.2, 0.25) is 0 Å². The molecule has 0 atom stereocenters. The number of ether oxygens (including phenoxy) is 3. The average molecular weight is 377 g/mol. The number of hydrogen-bond acceptors (Lipinski definition) is 5. The Morgan fingerprint density at radius 3 is 2.96 bits per heavy atom. The van der Waals surface area contributed by atoms with Crippen LogP contribution in [0.3, 0.4) is 0 Å². The second kappa shape index (κ2) is 6.60. The fourth-order valence-corrected chi connectivity index (χ4v) is 3.74. The quantitative estimate of drug-likeness (QED) is 0.730. The van der Waals surface area contributed by atoms with E-state index in [0.29, 0.717) is 18.0 Å². The van der Waals surface area contributed by atoms with E-state index in [0.717, 1.165) is 46.7 Å². The van der Waals surface area contributed by atoms with E-state index in [1.54, 1.807) is 7.11 Å². The SMILES string of the molecule is COc1ccc2c(c1)CCc1c-2n[nH]c1C(=O)NCc1ccc2c(c1)OCO2. The zero-order chi connectivity index (χ0) is 19.1. The monoisotopic (exact) mass is 377 g/mol. The molecule has 1 aliphatic carbocycles. The first-order chi connectivity index (χ1) is 13.7. The largest absolute Gasteiger partial charge is 0.497 e.